The molecule has 2 rings (SSSR count). The summed E-state index contributed by atoms with van der Waals surface area (Å²) in [5, 5.41) is 0. The van der Waals surface area contributed by atoms with E-state index in [-0.39, 0.29) is 12.4 Å². The number of nitrogens with two attached hydrogens (primary N) is 1. The number of amides is 1. The molecular weight excluding hydrogens is 312 g/mol. The molecule has 0 radical (unpaired) electrons. The number of carbonyl (C=O) groups is 1. The average molecular weight is 325 g/mol. The zero-order chi connectivity index (χ0) is 13.8. The van der Waals surface area contributed by atoms with Gasteiger partial charge in [0.1, 0.15) is 12.4 Å². The Hall–Kier alpha value is -1.79. The standard InChI is InChI=1S/C13H13BrN2O3/c1-8-6-10(14)2-3-11(8)19-7-9-4-5-18-12(9)13(17)16-15/h2-6H,7,15H2,1H3,(H,16,17). The van der Waals surface area contributed by atoms with Crippen LogP contribution in [0.25, 0.3) is 0 Å². The number of halogens is 1. The van der Waals surface area contributed by atoms with E-state index in [1.165, 1.54) is 6.26 Å². The van der Waals surface area contributed by atoms with Gasteiger partial charge < -0.3 is 9.15 Å². The largest absolute Gasteiger partial charge is 0.488 e. The van der Waals surface area contributed by atoms with Gasteiger partial charge in [0.05, 0.1) is 6.26 Å². The van der Waals surface area contributed by atoms with Crippen LogP contribution in [0, 0.1) is 6.92 Å². The van der Waals surface area contributed by atoms with Crippen LogP contribution < -0.4 is 16.0 Å². The zero-order valence-electron chi connectivity index (χ0n) is 10.3. The van der Waals surface area contributed by atoms with Gasteiger partial charge in [-0.1, -0.05) is 15.9 Å². The van der Waals surface area contributed by atoms with Crippen molar-refractivity contribution in [3.63, 3.8) is 0 Å². The van der Waals surface area contributed by atoms with Crippen LogP contribution in [-0.2, 0) is 6.61 Å². The number of nitrogens with one attached hydrogen (secondary N) is 1. The minimum atomic E-state index is -0.476. The summed E-state index contributed by atoms with van der Waals surface area (Å²) in [5.74, 6) is 5.52. The number of hydrogen-bond donors (Lipinski definition) is 2. The van der Waals surface area contributed by atoms with Crippen LogP contribution in [0.2, 0.25) is 0 Å². The Morgan fingerprint density at radius 1 is 1.47 bits per heavy atom. The van der Waals surface area contributed by atoms with Gasteiger partial charge in [0.2, 0.25) is 0 Å². The number of carbonyl (C=O) groups excluding carboxylic acids is 1. The van der Waals surface area contributed by atoms with E-state index in [0.29, 0.717) is 5.56 Å². The highest BCUT2D eigenvalue weighted by atomic mass is 79.9. The van der Waals surface area contributed by atoms with E-state index in [1.54, 1.807) is 6.07 Å². The summed E-state index contributed by atoms with van der Waals surface area (Å²) in [7, 11) is 0. The number of aryl methyl sites for hydroxylation is 1. The molecule has 0 fully saturated rings. The highest BCUT2D eigenvalue weighted by molar-refractivity contribution is 9.10. The summed E-state index contributed by atoms with van der Waals surface area (Å²) in [5.41, 5.74) is 3.68. The van der Waals surface area contributed by atoms with E-state index < -0.39 is 5.91 Å². The molecular formula is C13H13BrN2O3. The Labute approximate surface area is 118 Å². The van der Waals surface area contributed by atoms with E-state index in [4.69, 9.17) is 15.0 Å². The first-order chi connectivity index (χ1) is 9.11. The van der Waals surface area contributed by atoms with Crippen LogP contribution >= 0.6 is 15.9 Å². The molecule has 3 N–H and O–H groups in total. The van der Waals surface area contributed by atoms with Gasteiger partial charge >= 0.3 is 5.91 Å². The van der Waals surface area contributed by atoms with Crippen molar-refractivity contribution in [1.82, 2.24) is 5.43 Å². The molecule has 6 heteroatoms. The van der Waals surface area contributed by atoms with E-state index >= 15 is 0 Å². The summed E-state index contributed by atoms with van der Waals surface area (Å²) in [6.45, 7) is 2.19. The van der Waals surface area contributed by atoms with Crippen LogP contribution in [0.3, 0.4) is 0 Å². The van der Waals surface area contributed by atoms with Gasteiger partial charge in [0, 0.05) is 10.0 Å². The maximum absolute atomic E-state index is 11.4. The fraction of sp³-hybridized carbons (Fsp3) is 0.154. The van der Waals surface area contributed by atoms with Crippen LogP contribution in [0.15, 0.2) is 39.4 Å². The van der Waals surface area contributed by atoms with Crippen molar-refractivity contribution in [2.24, 2.45) is 5.84 Å². The summed E-state index contributed by atoms with van der Waals surface area (Å²) in [6.07, 6.45) is 1.43. The second kappa shape index (κ2) is 5.90. The number of nitrogen functional groups attached to an aromatic ring is 1. The van der Waals surface area contributed by atoms with Gasteiger partial charge in [-0.3, -0.25) is 10.2 Å². The molecule has 0 spiro atoms. The second-order valence-electron chi connectivity index (χ2n) is 3.95. The quantitative estimate of drug-likeness (QED) is 0.514. The number of rotatable bonds is 4. The fourth-order valence-corrected chi connectivity index (χ4v) is 2.12. The predicted molar refractivity (Wildman–Crippen MR) is 73.6 cm³/mol. The molecule has 19 heavy (non-hydrogen) atoms. The van der Waals surface area contributed by atoms with Crippen molar-refractivity contribution in [1.29, 1.82) is 0 Å². The van der Waals surface area contributed by atoms with E-state index in [0.717, 1.165) is 15.8 Å². The number of ether oxygens (including phenoxy) is 1. The first-order valence-electron chi connectivity index (χ1n) is 5.58. The maximum atomic E-state index is 11.4. The second-order valence-corrected chi connectivity index (χ2v) is 4.86. The molecule has 1 aromatic heterocycles. The topological polar surface area (TPSA) is 77.5 Å². The third kappa shape index (κ3) is 3.15. The van der Waals surface area contributed by atoms with Gasteiger partial charge in [-0.2, -0.15) is 0 Å². The van der Waals surface area contributed by atoms with Crippen LogP contribution in [0.1, 0.15) is 21.7 Å². The molecule has 0 saturated heterocycles. The van der Waals surface area contributed by atoms with Crippen molar-refractivity contribution >= 4 is 21.8 Å². The monoisotopic (exact) mass is 324 g/mol. The minimum absolute atomic E-state index is 0.164. The van der Waals surface area contributed by atoms with Gasteiger partial charge in [-0.15, -0.1) is 0 Å². The van der Waals surface area contributed by atoms with Gasteiger partial charge in [-0.05, 0) is 36.8 Å². The number of benzene rings is 1. The molecule has 0 aliphatic heterocycles. The lowest BCUT2D eigenvalue weighted by Gasteiger charge is -2.09. The maximum Gasteiger partial charge on any atom is 0.301 e. The molecule has 1 heterocycles. The Bertz CT molecular complexity index is 595. The lowest BCUT2D eigenvalue weighted by Crippen LogP contribution is -2.30. The molecule has 0 saturated carbocycles. The Kier molecular flexibility index (Phi) is 4.24. The normalized spacial score (nSPS) is 10.3. The molecule has 0 atom stereocenters. The van der Waals surface area contributed by atoms with Crippen molar-refractivity contribution in [3.05, 3.63) is 51.9 Å². The van der Waals surface area contributed by atoms with Crippen molar-refractivity contribution in [3.8, 4) is 5.75 Å². The van der Waals surface area contributed by atoms with Crippen molar-refractivity contribution < 1.29 is 13.9 Å². The predicted octanol–water partition coefficient (Wildman–Crippen LogP) is 2.53. The number of furan rings is 1. The molecule has 5 nitrogen and oxygen atoms in total. The molecule has 0 bridgehead atoms. The minimum Gasteiger partial charge on any atom is -0.488 e. The molecule has 0 aliphatic rings. The first kappa shape index (κ1) is 13.6. The van der Waals surface area contributed by atoms with E-state index in [2.05, 4.69) is 15.9 Å². The third-order valence-electron chi connectivity index (χ3n) is 2.60. The third-order valence-corrected chi connectivity index (χ3v) is 3.10. The Morgan fingerprint density at radius 3 is 2.95 bits per heavy atom. The Balaban J connectivity index is 2.10. The van der Waals surface area contributed by atoms with Gasteiger partial charge in [0.15, 0.2) is 5.76 Å². The summed E-state index contributed by atoms with van der Waals surface area (Å²) in [4.78, 5) is 11.4. The summed E-state index contributed by atoms with van der Waals surface area (Å²) >= 11 is 3.39. The van der Waals surface area contributed by atoms with Crippen LogP contribution in [0.4, 0.5) is 0 Å². The lowest BCUT2D eigenvalue weighted by atomic mass is 10.2. The molecule has 0 unspecified atom stereocenters. The zero-order valence-corrected chi connectivity index (χ0v) is 11.9. The van der Waals surface area contributed by atoms with Crippen molar-refractivity contribution in [2.75, 3.05) is 0 Å². The number of hydrogen-bond acceptors (Lipinski definition) is 4. The highest BCUT2D eigenvalue weighted by Gasteiger charge is 2.14. The fourth-order valence-electron chi connectivity index (χ4n) is 1.64. The SMILES string of the molecule is Cc1cc(Br)ccc1OCc1ccoc1C(=O)NN. The first-order valence-corrected chi connectivity index (χ1v) is 6.37. The van der Waals surface area contributed by atoms with Crippen LogP contribution in [-0.4, -0.2) is 5.91 Å². The average Bonchev–Trinajstić information content (AvgIpc) is 2.85. The van der Waals surface area contributed by atoms with E-state index in [1.807, 2.05) is 30.5 Å². The van der Waals surface area contributed by atoms with Crippen molar-refractivity contribution in [2.45, 2.75) is 13.5 Å². The summed E-state index contributed by atoms with van der Waals surface area (Å²) < 4.78 is 11.7. The van der Waals surface area contributed by atoms with Crippen LogP contribution in [0.5, 0.6) is 5.75 Å². The highest BCUT2D eigenvalue weighted by Crippen LogP contribution is 2.23. The van der Waals surface area contributed by atoms with Gasteiger partial charge in [-0.25, -0.2) is 5.84 Å². The molecule has 0 aliphatic carbocycles. The molecule has 1 aromatic carbocycles. The van der Waals surface area contributed by atoms with E-state index in [9.17, 15) is 4.79 Å². The lowest BCUT2D eigenvalue weighted by molar-refractivity contribution is 0.0922. The molecule has 2 aromatic rings. The molecule has 100 valence electrons. The molecule has 1 amide bonds. The smallest absolute Gasteiger partial charge is 0.301 e. The summed E-state index contributed by atoms with van der Waals surface area (Å²) in [6, 6.07) is 7.39. The van der Waals surface area contributed by atoms with Gasteiger partial charge in [0.25, 0.3) is 0 Å². The Morgan fingerprint density at radius 2 is 2.26 bits per heavy atom. The number of hydrazine groups is 1.